The lowest BCUT2D eigenvalue weighted by Gasteiger charge is -2.42. The number of nitrogens with one attached hydrogen (secondary N) is 1. The first-order chi connectivity index (χ1) is 20.4. The zero-order valence-corrected chi connectivity index (χ0v) is 24.7. The van der Waals surface area contributed by atoms with Gasteiger partial charge in [-0.1, -0.05) is 18.2 Å². The van der Waals surface area contributed by atoms with Crippen LogP contribution in [0.1, 0.15) is 47.8 Å². The molecule has 0 saturated carbocycles. The fourth-order valence-corrected chi connectivity index (χ4v) is 6.66. The number of H-pyrrole nitrogens is 1. The molecule has 11 nitrogen and oxygen atoms in total. The smallest absolute Gasteiger partial charge is 0.318 e. The Balaban J connectivity index is 1.35. The van der Waals surface area contributed by atoms with Crippen molar-refractivity contribution in [3.63, 3.8) is 0 Å². The molecule has 3 aliphatic heterocycles. The number of hydrogen-bond donors (Lipinski definition) is 1. The topological polar surface area (TPSA) is 124 Å². The molecule has 3 aromatic rings. The average molecular weight is 591 g/mol. The van der Waals surface area contributed by atoms with Gasteiger partial charge in [0, 0.05) is 48.6 Å². The van der Waals surface area contributed by atoms with E-state index in [1.165, 1.54) is 6.08 Å². The van der Waals surface area contributed by atoms with Crippen LogP contribution in [-0.4, -0.2) is 87.8 Å². The van der Waals surface area contributed by atoms with E-state index in [4.69, 9.17) is 31.0 Å². The Morgan fingerprint density at radius 3 is 2.95 bits per heavy atom. The van der Waals surface area contributed by atoms with Gasteiger partial charge in [0.15, 0.2) is 0 Å². The maximum Gasteiger partial charge on any atom is 0.318 e. The quantitative estimate of drug-likeness (QED) is 0.410. The highest BCUT2D eigenvalue weighted by Gasteiger charge is 2.35. The van der Waals surface area contributed by atoms with Crippen LogP contribution in [0.15, 0.2) is 24.9 Å². The Labute approximate surface area is 250 Å². The van der Waals surface area contributed by atoms with Crippen LogP contribution in [0, 0.1) is 18.3 Å². The summed E-state index contributed by atoms with van der Waals surface area (Å²) in [6, 6.07) is 4.59. The third-order valence-corrected chi connectivity index (χ3v) is 9.23. The molecule has 3 aliphatic rings. The van der Waals surface area contributed by atoms with Crippen molar-refractivity contribution in [2.75, 3.05) is 44.7 Å². The Bertz CT molecular complexity index is 1550. The van der Waals surface area contributed by atoms with E-state index in [-0.39, 0.29) is 24.5 Å². The molecule has 42 heavy (non-hydrogen) atoms. The van der Waals surface area contributed by atoms with E-state index in [1.54, 1.807) is 11.1 Å². The minimum atomic E-state index is -0.324. The van der Waals surface area contributed by atoms with Crippen molar-refractivity contribution in [3.8, 4) is 12.1 Å². The molecule has 1 aromatic carbocycles. The van der Waals surface area contributed by atoms with E-state index in [9.17, 15) is 10.1 Å². The third-order valence-electron chi connectivity index (χ3n) is 8.73. The van der Waals surface area contributed by atoms with Crippen molar-refractivity contribution in [2.24, 2.45) is 0 Å². The van der Waals surface area contributed by atoms with E-state index in [1.807, 2.05) is 13.0 Å². The monoisotopic (exact) mass is 590 g/mol. The van der Waals surface area contributed by atoms with Gasteiger partial charge >= 0.3 is 6.01 Å². The number of benzene rings is 1. The lowest BCUT2D eigenvalue weighted by Crippen LogP contribution is -2.55. The molecule has 1 amide bonds. The molecule has 0 aliphatic carbocycles. The number of rotatable bonds is 7. The van der Waals surface area contributed by atoms with Gasteiger partial charge in [-0.25, -0.2) is 0 Å². The van der Waals surface area contributed by atoms with Gasteiger partial charge in [0.25, 0.3) is 0 Å². The normalized spacial score (nSPS) is 22.7. The lowest BCUT2D eigenvalue weighted by atomic mass is 9.95. The molecule has 3 atom stereocenters. The van der Waals surface area contributed by atoms with Gasteiger partial charge in [-0.15, -0.1) is 0 Å². The van der Waals surface area contributed by atoms with Crippen LogP contribution < -0.4 is 9.64 Å². The highest BCUT2D eigenvalue weighted by molar-refractivity contribution is 6.33. The highest BCUT2D eigenvalue weighted by atomic mass is 35.5. The molecule has 0 unspecified atom stereocenters. The van der Waals surface area contributed by atoms with Crippen LogP contribution in [0.5, 0.6) is 6.01 Å². The van der Waals surface area contributed by atoms with Gasteiger partial charge in [0.1, 0.15) is 12.4 Å². The summed E-state index contributed by atoms with van der Waals surface area (Å²) in [5.74, 6) is 0.557. The van der Waals surface area contributed by atoms with Crippen molar-refractivity contribution in [3.05, 3.63) is 52.3 Å². The van der Waals surface area contributed by atoms with Crippen LogP contribution in [0.2, 0.25) is 5.02 Å². The Morgan fingerprint density at radius 1 is 1.33 bits per heavy atom. The summed E-state index contributed by atoms with van der Waals surface area (Å²) < 4.78 is 12.7. The molecule has 1 N–H and O–H groups in total. The number of halogens is 1. The van der Waals surface area contributed by atoms with Crippen LogP contribution >= 0.6 is 11.6 Å². The van der Waals surface area contributed by atoms with Crippen LogP contribution in [0.4, 0.5) is 5.82 Å². The van der Waals surface area contributed by atoms with E-state index < -0.39 is 0 Å². The van der Waals surface area contributed by atoms with Crippen molar-refractivity contribution in [1.82, 2.24) is 30.0 Å². The third kappa shape index (κ3) is 5.30. The first-order valence-corrected chi connectivity index (χ1v) is 14.8. The SMILES string of the molecule is C=CC(=O)N1CCN(c2nc(OC[C@@H]3CCCN3C)nc3c2CO[C@H](c2c(Cl)c(C)cc4[nH]ncc24)C3)C[C@@H]1CC#N. The van der Waals surface area contributed by atoms with Crippen molar-refractivity contribution in [2.45, 2.75) is 57.4 Å². The number of aryl methyl sites for hydroxylation is 1. The Morgan fingerprint density at radius 2 is 2.19 bits per heavy atom. The number of likely N-dealkylation sites (tertiary alicyclic amines) is 1. The van der Waals surface area contributed by atoms with Gasteiger partial charge in [0.05, 0.1) is 53.7 Å². The zero-order chi connectivity index (χ0) is 29.4. The van der Waals surface area contributed by atoms with Crippen molar-refractivity contribution in [1.29, 1.82) is 5.26 Å². The van der Waals surface area contributed by atoms with Crippen LogP contribution in [0.25, 0.3) is 10.9 Å². The summed E-state index contributed by atoms with van der Waals surface area (Å²) >= 11 is 6.85. The number of carbonyl (C=O) groups is 1. The molecular weight excluding hydrogens is 556 g/mol. The molecule has 2 fully saturated rings. The van der Waals surface area contributed by atoms with Gasteiger partial charge in [-0.3, -0.25) is 9.89 Å². The number of aromatic nitrogens is 4. The van der Waals surface area contributed by atoms with Crippen molar-refractivity contribution >= 4 is 34.2 Å². The highest BCUT2D eigenvalue weighted by Crippen LogP contribution is 2.41. The molecule has 2 saturated heterocycles. The number of amides is 1. The number of carbonyl (C=O) groups excluding carboxylic acids is 1. The number of likely N-dealkylation sites (N-methyl/N-ethyl adjacent to an activating group) is 1. The second-order valence-corrected chi connectivity index (χ2v) is 11.7. The fraction of sp³-hybridized carbons (Fsp3) is 0.500. The number of aromatic amines is 1. The van der Waals surface area contributed by atoms with Gasteiger partial charge < -0.3 is 24.2 Å². The fourth-order valence-electron chi connectivity index (χ4n) is 6.38. The van der Waals surface area contributed by atoms with E-state index >= 15 is 0 Å². The predicted octanol–water partition coefficient (Wildman–Crippen LogP) is 3.72. The second-order valence-electron chi connectivity index (χ2n) is 11.3. The maximum absolute atomic E-state index is 12.5. The second kappa shape index (κ2) is 11.9. The summed E-state index contributed by atoms with van der Waals surface area (Å²) in [4.78, 5) is 28.5. The molecule has 6 rings (SSSR count). The predicted molar refractivity (Wildman–Crippen MR) is 158 cm³/mol. The molecule has 0 bridgehead atoms. The number of hydrogen-bond acceptors (Lipinski definition) is 9. The van der Waals surface area contributed by atoms with E-state index in [0.29, 0.717) is 56.3 Å². The minimum Gasteiger partial charge on any atom is -0.462 e. The first-order valence-electron chi connectivity index (χ1n) is 14.4. The number of nitriles is 1. The average Bonchev–Trinajstić information content (AvgIpc) is 3.63. The van der Waals surface area contributed by atoms with Crippen molar-refractivity contribution < 1.29 is 14.3 Å². The minimum absolute atomic E-state index is 0.170. The van der Waals surface area contributed by atoms with Crippen LogP contribution in [-0.2, 0) is 22.6 Å². The summed E-state index contributed by atoms with van der Waals surface area (Å²) in [6.07, 6.45) is 5.69. The van der Waals surface area contributed by atoms with Gasteiger partial charge in [-0.2, -0.15) is 20.3 Å². The first kappa shape index (κ1) is 28.4. The molecule has 5 heterocycles. The lowest BCUT2D eigenvalue weighted by molar-refractivity contribution is -0.128. The van der Waals surface area contributed by atoms with Crippen LogP contribution in [0.3, 0.4) is 0 Å². The molecule has 12 heteroatoms. The van der Waals surface area contributed by atoms with E-state index in [0.717, 1.165) is 58.5 Å². The molecule has 0 radical (unpaired) electrons. The summed E-state index contributed by atoms with van der Waals surface area (Å²) in [5, 5.41) is 18.4. The largest absolute Gasteiger partial charge is 0.462 e. The molecule has 220 valence electrons. The number of nitrogens with zero attached hydrogens (tertiary/aromatic N) is 7. The zero-order valence-electron chi connectivity index (χ0n) is 24.0. The number of piperazine rings is 1. The maximum atomic E-state index is 12.5. The van der Waals surface area contributed by atoms with Gasteiger partial charge in [-0.05, 0) is 51.1 Å². The number of fused-ring (bicyclic) bond motifs is 2. The number of ether oxygens (including phenoxy) is 2. The Hall–Kier alpha value is -3.72. The summed E-state index contributed by atoms with van der Waals surface area (Å²) in [6.45, 7) is 8.93. The molecular formula is C30H35ClN8O3. The molecule has 2 aromatic heterocycles. The Kier molecular flexibility index (Phi) is 8.03. The standard InChI is InChI=1S/C30H35ClN8O3/c1-4-26(40)39-11-10-38(15-19(39)7-8-32)29-22-17-41-25(27-21-14-33-36-24(21)12-18(2)28(27)31)13-23(22)34-30(35-29)42-16-20-6-5-9-37(20)3/h4,12,14,19-20,25H,1,5-7,9-11,13,15-17H2,2-3H3,(H,33,36)/t19-,20-,25-/m0/s1. The van der Waals surface area contributed by atoms with E-state index in [2.05, 4.69) is 39.7 Å². The number of anilines is 1. The summed E-state index contributed by atoms with van der Waals surface area (Å²) in [5.41, 5.74) is 4.49. The molecule has 0 spiro atoms. The summed E-state index contributed by atoms with van der Waals surface area (Å²) in [7, 11) is 2.11. The van der Waals surface area contributed by atoms with Gasteiger partial charge in [0.2, 0.25) is 5.91 Å².